The number of hydrogen-bond donors (Lipinski definition) is 0. The van der Waals surface area contributed by atoms with E-state index in [4.69, 9.17) is 9.72 Å². The van der Waals surface area contributed by atoms with E-state index in [0.29, 0.717) is 17.5 Å². The Hall–Kier alpha value is -1.78. The predicted molar refractivity (Wildman–Crippen MR) is 97.0 cm³/mol. The molecule has 2 aliphatic heterocycles. The van der Waals surface area contributed by atoms with Crippen LogP contribution in [0.25, 0.3) is 11.3 Å². The highest BCUT2D eigenvalue weighted by Crippen LogP contribution is 2.30. The van der Waals surface area contributed by atoms with Crippen LogP contribution in [-0.4, -0.2) is 42.2 Å². The minimum atomic E-state index is -0.209. The first-order chi connectivity index (χ1) is 12.3. The van der Waals surface area contributed by atoms with Crippen LogP contribution < -0.4 is 0 Å². The molecule has 1 atom stereocenters. The van der Waals surface area contributed by atoms with Gasteiger partial charge in [-0.05, 0) is 56.5 Å². The zero-order chi connectivity index (χ0) is 17.1. The Kier molecular flexibility index (Phi) is 5.09. The molecular weight excluding hydrogens is 315 g/mol. The van der Waals surface area contributed by atoms with Gasteiger partial charge in [0.2, 0.25) is 0 Å². The molecule has 1 aromatic heterocycles. The van der Waals surface area contributed by atoms with E-state index in [1.165, 1.54) is 19.0 Å². The molecule has 2 saturated heterocycles. The number of halogens is 1. The number of rotatable bonds is 3. The van der Waals surface area contributed by atoms with Gasteiger partial charge in [0.25, 0.3) is 0 Å². The van der Waals surface area contributed by atoms with Crippen molar-refractivity contribution in [3.8, 4) is 11.3 Å². The Morgan fingerprint density at radius 2 is 1.84 bits per heavy atom. The minimum Gasteiger partial charge on any atom is -0.381 e. The van der Waals surface area contributed by atoms with Gasteiger partial charge in [-0.15, -0.1) is 0 Å². The van der Waals surface area contributed by atoms with Crippen molar-refractivity contribution in [3.63, 3.8) is 0 Å². The van der Waals surface area contributed by atoms with E-state index >= 15 is 0 Å². The molecule has 0 spiro atoms. The van der Waals surface area contributed by atoms with Gasteiger partial charge in [-0.2, -0.15) is 0 Å². The molecule has 4 heteroatoms. The number of pyridine rings is 1. The van der Waals surface area contributed by atoms with Crippen LogP contribution in [0.2, 0.25) is 0 Å². The molecule has 3 nitrogen and oxygen atoms in total. The van der Waals surface area contributed by atoms with Crippen molar-refractivity contribution in [2.45, 2.75) is 37.6 Å². The zero-order valence-electron chi connectivity index (χ0n) is 14.5. The molecule has 0 aliphatic carbocycles. The molecule has 1 aromatic carbocycles. The van der Waals surface area contributed by atoms with Crippen LogP contribution in [0.15, 0.2) is 42.5 Å². The fourth-order valence-corrected chi connectivity index (χ4v) is 4.13. The Balaban J connectivity index is 1.53. The molecular formula is C21H25FN2O. The van der Waals surface area contributed by atoms with Gasteiger partial charge in [0.15, 0.2) is 0 Å². The lowest BCUT2D eigenvalue weighted by Crippen LogP contribution is -2.44. The monoisotopic (exact) mass is 340 g/mol. The predicted octanol–water partition coefficient (Wildman–Crippen LogP) is 4.25. The molecule has 0 bridgehead atoms. The molecule has 2 fully saturated rings. The molecule has 0 radical (unpaired) electrons. The molecule has 0 N–H and O–H groups in total. The third kappa shape index (κ3) is 3.75. The van der Waals surface area contributed by atoms with Crippen LogP contribution in [-0.2, 0) is 4.74 Å². The number of nitrogens with zero attached hydrogens (tertiary/aromatic N) is 2. The normalized spacial score (nSPS) is 22.8. The summed E-state index contributed by atoms with van der Waals surface area (Å²) < 4.78 is 19.6. The molecule has 0 amide bonds. The summed E-state index contributed by atoms with van der Waals surface area (Å²) in [5, 5.41) is 0. The van der Waals surface area contributed by atoms with Crippen molar-refractivity contribution < 1.29 is 9.13 Å². The molecule has 3 heterocycles. The van der Waals surface area contributed by atoms with E-state index < -0.39 is 0 Å². The van der Waals surface area contributed by atoms with E-state index in [-0.39, 0.29) is 5.82 Å². The van der Waals surface area contributed by atoms with E-state index in [9.17, 15) is 4.39 Å². The first kappa shape index (κ1) is 16.7. The van der Waals surface area contributed by atoms with Gasteiger partial charge in [-0.3, -0.25) is 9.88 Å². The highest BCUT2D eigenvalue weighted by atomic mass is 19.1. The zero-order valence-corrected chi connectivity index (χ0v) is 14.5. The molecule has 132 valence electrons. The quantitative estimate of drug-likeness (QED) is 0.835. The first-order valence-electron chi connectivity index (χ1n) is 9.35. The molecule has 2 aliphatic rings. The van der Waals surface area contributed by atoms with Gasteiger partial charge in [-0.1, -0.05) is 18.2 Å². The van der Waals surface area contributed by atoms with Gasteiger partial charge >= 0.3 is 0 Å². The third-order valence-corrected chi connectivity index (χ3v) is 5.50. The third-order valence-electron chi connectivity index (χ3n) is 5.50. The summed E-state index contributed by atoms with van der Waals surface area (Å²) in [5.74, 6) is 0.225. The Morgan fingerprint density at radius 1 is 1.00 bits per heavy atom. The fraction of sp³-hybridized carbons (Fsp3) is 0.476. The van der Waals surface area contributed by atoms with Crippen LogP contribution in [0.4, 0.5) is 4.39 Å². The largest absolute Gasteiger partial charge is 0.381 e. The Labute approximate surface area is 148 Å². The maximum atomic E-state index is 14.1. The fourth-order valence-electron chi connectivity index (χ4n) is 4.13. The van der Waals surface area contributed by atoms with Crippen molar-refractivity contribution >= 4 is 0 Å². The average Bonchev–Trinajstić information content (AvgIpc) is 2.69. The number of ether oxygens (including phenoxy) is 1. The first-order valence-corrected chi connectivity index (χ1v) is 9.35. The van der Waals surface area contributed by atoms with E-state index in [1.807, 2.05) is 18.2 Å². The van der Waals surface area contributed by atoms with E-state index in [2.05, 4.69) is 11.0 Å². The van der Waals surface area contributed by atoms with Crippen LogP contribution in [0.1, 0.15) is 37.3 Å². The van der Waals surface area contributed by atoms with Crippen LogP contribution in [0.5, 0.6) is 0 Å². The summed E-state index contributed by atoms with van der Waals surface area (Å²) in [6.07, 6.45) is 4.63. The lowest BCUT2D eigenvalue weighted by Gasteiger charge is -2.39. The molecule has 2 aromatic rings. The van der Waals surface area contributed by atoms with Gasteiger partial charge in [-0.25, -0.2) is 4.39 Å². The standard InChI is InChI=1S/C21H25FN2O/c22-19-7-2-1-6-18(19)21-9-3-8-20(23-21)16-5-4-12-24(15-16)17-10-13-25-14-11-17/h1-3,6-9,16-17H,4-5,10-15H2/t16-/m1/s1. The topological polar surface area (TPSA) is 25.4 Å². The summed E-state index contributed by atoms with van der Waals surface area (Å²) in [7, 11) is 0. The van der Waals surface area contributed by atoms with Crippen molar-refractivity contribution in [1.29, 1.82) is 0 Å². The van der Waals surface area contributed by atoms with Crippen molar-refractivity contribution in [1.82, 2.24) is 9.88 Å². The van der Waals surface area contributed by atoms with E-state index in [1.54, 1.807) is 12.1 Å². The van der Waals surface area contributed by atoms with Crippen molar-refractivity contribution in [2.24, 2.45) is 0 Å². The highest BCUT2D eigenvalue weighted by molar-refractivity contribution is 5.59. The van der Waals surface area contributed by atoms with Crippen LogP contribution in [0.3, 0.4) is 0 Å². The van der Waals surface area contributed by atoms with Gasteiger partial charge in [0.1, 0.15) is 5.82 Å². The lowest BCUT2D eigenvalue weighted by molar-refractivity contribution is 0.0238. The summed E-state index contributed by atoms with van der Waals surface area (Å²) in [4.78, 5) is 7.43. The summed E-state index contributed by atoms with van der Waals surface area (Å²) in [5.41, 5.74) is 2.41. The molecule has 4 rings (SSSR count). The maximum absolute atomic E-state index is 14.1. The molecule has 0 unspecified atom stereocenters. The van der Waals surface area contributed by atoms with Crippen molar-refractivity contribution in [3.05, 3.63) is 54.0 Å². The highest BCUT2D eigenvalue weighted by Gasteiger charge is 2.28. The second-order valence-electron chi connectivity index (χ2n) is 7.11. The lowest BCUT2D eigenvalue weighted by atomic mass is 9.91. The number of hydrogen-bond acceptors (Lipinski definition) is 3. The Morgan fingerprint density at radius 3 is 2.68 bits per heavy atom. The summed E-state index contributed by atoms with van der Waals surface area (Å²) in [6.45, 7) is 3.99. The second-order valence-corrected chi connectivity index (χ2v) is 7.11. The summed E-state index contributed by atoms with van der Waals surface area (Å²) >= 11 is 0. The van der Waals surface area contributed by atoms with E-state index in [0.717, 1.165) is 50.4 Å². The average molecular weight is 340 g/mol. The van der Waals surface area contributed by atoms with Crippen molar-refractivity contribution in [2.75, 3.05) is 26.3 Å². The number of likely N-dealkylation sites (tertiary alicyclic amines) is 1. The Bertz CT molecular complexity index is 715. The van der Waals surface area contributed by atoms with Gasteiger partial charge in [0.05, 0.1) is 5.69 Å². The molecule has 25 heavy (non-hydrogen) atoms. The van der Waals surface area contributed by atoms with Gasteiger partial charge < -0.3 is 4.74 Å². The second kappa shape index (κ2) is 7.63. The molecule has 0 saturated carbocycles. The number of benzene rings is 1. The number of aromatic nitrogens is 1. The van der Waals surface area contributed by atoms with Gasteiger partial charge in [0, 0.05) is 43.0 Å². The smallest absolute Gasteiger partial charge is 0.132 e. The number of piperidine rings is 1. The SMILES string of the molecule is Fc1ccccc1-c1cccc([C@@H]2CCCN(C3CCOCC3)C2)n1. The van der Waals surface area contributed by atoms with Crippen LogP contribution in [0, 0.1) is 5.82 Å². The minimum absolute atomic E-state index is 0.209. The summed E-state index contributed by atoms with van der Waals surface area (Å²) in [6, 6.07) is 13.5. The van der Waals surface area contributed by atoms with Crippen LogP contribution >= 0.6 is 0 Å². The maximum Gasteiger partial charge on any atom is 0.132 e.